The molecule has 0 N–H and O–H groups in total. The smallest absolute Gasteiger partial charge is 0.330 e. The zero-order valence-electron chi connectivity index (χ0n) is 8.14. The van der Waals surface area contributed by atoms with Crippen LogP contribution in [0.5, 0.6) is 0 Å². The van der Waals surface area contributed by atoms with Gasteiger partial charge in [0.15, 0.2) is 5.82 Å². The zero-order valence-corrected chi connectivity index (χ0v) is 11.1. The fourth-order valence-corrected chi connectivity index (χ4v) is 1.20. The summed E-state index contributed by atoms with van der Waals surface area (Å²) in [5.41, 5.74) is 0. The van der Waals surface area contributed by atoms with Crippen molar-refractivity contribution in [2.24, 2.45) is 0 Å². The molecule has 96 valence electrons. The summed E-state index contributed by atoms with van der Waals surface area (Å²) in [4.78, 5) is 7.47. The lowest BCUT2D eigenvalue weighted by atomic mass is 10.4. The number of aromatic nitrogens is 2. The van der Waals surface area contributed by atoms with Crippen LogP contribution in [0.25, 0.3) is 0 Å². The SMILES string of the molecule is FC(F)C(F)(F)COCc1ncc(I)c(Cl)n1. The Balaban J connectivity index is 2.49. The standard InChI is InChI=1S/C8H6ClF4IN2O/c9-6-4(14)1-15-5(16-6)2-17-3-8(12,13)7(10)11/h1,7H,2-3H2. The second-order valence-electron chi connectivity index (χ2n) is 2.98. The van der Waals surface area contributed by atoms with Crippen molar-refractivity contribution in [3.05, 3.63) is 20.7 Å². The van der Waals surface area contributed by atoms with Gasteiger partial charge in [0.05, 0.1) is 3.57 Å². The van der Waals surface area contributed by atoms with Crippen LogP contribution in [-0.2, 0) is 11.3 Å². The summed E-state index contributed by atoms with van der Waals surface area (Å²) >= 11 is 7.53. The fourth-order valence-electron chi connectivity index (χ4n) is 0.791. The lowest BCUT2D eigenvalue weighted by molar-refractivity contribution is -0.168. The Morgan fingerprint density at radius 3 is 2.65 bits per heavy atom. The Hall–Kier alpha value is -0.220. The number of nitrogens with zero attached hydrogens (tertiary/aromatic N) is 2. The van der Waals surface area contributed by atoms with Gasteiger partial charge in [-0.1, -0.05) is 11.6 Å². The van der Waals surface area contributed by atoms with Gasteiger partial charge in [-0.25, -0.2) is 18.7 Å². The van der Waals surface area contributed by atoms with Gasteiger partial charge >= 0.3 is 12.3 Å². The first-order chi connectivity index (χ1) is 7.83. The summed E-state index contributed by atoms with van der Waals surface area (Å²) in [5, 5.41) is 0.153. The molecule has 1 aromatic rings. The van der Waals surface area contributed by atoms with Gasteiger partial charge in [-0.05, 0) is 22.6 Å². The molecule has 0 aromatic carbocycles. The number of ether oxygens (including phenoxy) is 1. The Labute approximate surface area is 113 Å². The van der Waals surface area contributed by atoms with Crippen molar-refractivity contribution in [3.8, 4) is 0 Å². The van der Waals surface area contributed by atoms with Crippen molar-refractivity contribution in [1.82, 2.24) is 9.97 Å². The topological polar surface area (TPSA) is 35.0 Å². The van der Waals surface area contributed by atoms with Gasteiger partial charge < -0.3 is 4.74 Å². The van der Waals surface area contributed by atoms with E-state index in [4.69, 9.17) is 11.6 Å². The highest BCUT2D eigenvalue weighted by molar-refractivity contribution is 14.1. The van der Waals surface area contributed by atoms with Crippen molar-refractivity contribution >= 4 is 34.2 Å². The normalized spacial score (nSPS) is 12.2. The lowest BCUT2D eigenvalue weighted by Gasteiger charge is -2.14. The second-order valence-corrected chi connectivity index (χ2v) is 4.50. The van der Waals surface area contributed by atoms with Crippen LogP contribution in [0.3, 0.4) is 0 Å². The first-order valence-corrected chi connectivity index (χ1v) is 5.69. The molecular weight excluding hydrogens is 378 g/mol. The van der Waals surface area contributed by atoms with Gasteiger partial charge in [0.2, 0.25) is 0 Å². The van der Waals surface area contributed by atoms with Crippen LogP contribution >= 0.6 is 34.2 Å². The average molecular weight is 384 g/mol. The zero-order chi connectivity index (χ0) is 13.1. The van der Waals surface area contributed by atoms with Crippen molar-refractivity contribution < 1.29 is 22.3 Å². The number of alkyl halides is 4. The highest BCUT2D eigenvalue weighted by Crippen LogP contribution is 2.23. The van der Waals surface area contributed by atoms with E-state index in [1.54, 1.807) is 0 Å². The quantitative estimate of drug-likeness (QED) is 0.444. The minimum absolute atomic E-state index is 0.0560. The second kappa shape index (κ2) is 6.10. The molecule has 0 spiro atoms. The van der Waals surface area contributed by atoms with E-state index >= 15 is 0 Å². The molecule has 0 unspecified atom stereocenters. The maximum Gasteiger partial charge on any atom is 0.330 e. The van der Waals surface area contributed by atoms with Crippen LogP contribution < -0.4 is 0 Å². The third kappa shape index (κ3) is 4.51. The van der Waals surface area contributed by atoms with Crippen molar-refractivity contribution in [2.45, 2.75) is 19.0 Å². The predicted molar refractivity (Wildman–Crippen MR) is 60.4 cm³/mol. The molecule has 17 heavy (non-hydrogen) atoms. The van der Waals surface area contributed by atoms with E-state index in [2.05, 4.69) is 14.7 Å². The van der Waals surface area contributed by atoms with Gasteiger partial charge in [0.25, 0.3) is 0 Å². The van der Waals surface area contributed by atoms with Crippen LogP contribution in [0.2, 0.25) is 5.15 Å². The molecule has 1 aromatic heterocycles. The van der Waals surface area contributed by atoms with Crippen LogP contribution in [0, 0.1) is 3.57 Å². The van der Waals surface area contributed by atoms with E-state index in [0.717, 1.165) is 0 Å². The van der Waals surface area contributed by atoms with E-state index in [1.807, 2.05) is 22.6 Å². The van der Waals surface area contributed by atoms with E-state index in [0.29, 0.717) is 3.57 Å². The maximum absolute atomic E-state index is 12.4. The molecule has 0 aliphatic heterocycles. The molecule has 0 bridgehead atoms. The summed E-state index contributed by atoms with van der Waals surface area (Å²) in [6, 6.07) is 0. The van der Waals surface area contributed by atoms with Crippen LogP contribution in [-0.4, -0.2) is 28.9 Å². The molecule has 0 fully saturated rings. The Morgan fingerprint density at radius 1 is 1.47 bits per heavy atom. The summed E-state index contributed by atoms with van der Waals surface area (Å²) in [5.74, 6) is -4.12. The van der Waals surface area contributed by atoms with Gasteiger partial charge in [-0.3, -0.25) is 0 Å². The van der Waals surface area contributed by atoms with Crippen LogP contribution in [0.4, 0.5) is 17.6 Å². The third-order valence-corrected chi connectivity index (χ3v) is 2.99. The van der Waals surface area contributed by atoms with Crippen LogP contribution in [0.1, 0.15) is 5.82 Å². The summed E-state index contributed by atoms with van der Waals surface area (Å²) in [6.07, 6.45) is -2.39. The van der Waals surface area contributed by atoms with E-state index < -0.39 is 25.6 Å². The Bertz CT molecular complexity index is 394. The minimum Gasteiger partial charge on any atom is -0.367 e. The lowest BCUT2D eigenvalue weighted by Crippen LogP contribution is -2.32. The average Bonchev–Trinajstić information content (AvgIpc) is 2.23. The van der Waals surface area contributed by atoms with Gasteiger partial charge in [-0.2, -0.15) is 8.78 Å². The van der Waals surface area contributed by atoms with E-state index in [9.17, 15) is 17.6 Å². The molecule has 0 amide bonds. The monoisotopic (exact) mass is 384 g/mol. The highest BCUT2D eigenvalue weighted by atomic mass is 127. The van der Waals surface area contributed by atoms with E-state index in [-0.39, 0.29) is 11.0 Å². The van der Waals surface area contributed by atoms with Gasteiger partial charge in [0, 0.05) is 6.20 Å². The molecular formula is C8H6ClF4IN2O. The number of hydrogen-bond acceptors (Lipinski definition) is 3. The summed E-state index contributed by atoms with van der Waals surface area (Å²) in [6.45, 7) is -1.80. The Kier molecular flexibility index (Phi) is 5.32. The molecule has 3 nitrogen and oxygen atoms in total. The maximum atomic E-state index is 12.4. The van der Waals surface area contributed by atoms with E-state index in [1.165, 1.54) is 6.20 Å². The number of hydrogen-bond donors (Lipinski definition) is 0. The largest absolute Gasteiger partial charge is 0.367 e. The van der Waals surface area contributed by atoms with Gasteiger partial charge in [0.1, 0.15) is 18.4 Å². The molecule has 0 saturated heterocycles. The fraction of sp³-hybridized carbons (Fsp3) is 0.500. The highest BCUT2D eigenvalue weighted by Gasteiger charge is 2.40. The summed E-state index contributed by atoms with van der Waals surface area (Å²) in [7, 11) is 0. The van der Waals surface area contributed by atoms with Crippen molar-refractivity contribution in [1.29, 1.82) is 0 Å². The molecule has 0 atom stereocenters. The molecule has 1 heterocycles. The third-order valence-electron chi connectivity index (χ3n) is 1.60. The van der Waals surface area contributed by atoms with Gasteiger partial charge in [-0.15, -0.1) is 0 Å². The molecule has 9 heteroatoms. The Morgan fingerprint density at radius 2 is 2.12 bits per heavy atom. The van der Waals surface area contributed by atoms with Crippen molar-refractivity contribution in [3.63, 3.8) is 0 Å². The predicted octanol–water partition coefficient (Wildman–Crippen LogP) is 3.15. The molecule has 0 aliphatic rings. The molecule has 0 radical (unpaired) electrons. The molecule has 1 rings (SSSR count). The molecule has 0 aliphatic carbocycles. The minimum atomic E-state index is -4.17. The first kappa shape index (κ1) is 14.8. The molecule has 0 saturated carbocycles. The van der Waals surface area contributed by atoms with Crippen molar-refractivity contribution in [2.75, 3.05) is 6.61 Å². The number of rotatable bonds is 5. The number of halogens is 6. The first-order valence-electron chi connectivity index (χ1n) is 4.23. The summed E-state index contributed by atoms with van der Waals surface area (Å²) < 4.78 is 53.5. The van der Waals surface area contributed by atoms with Crippen LogP contribution in [0.15, 0.2) is 6.20 Å².